The highest BCUT2D eigenvalue weighted by molar-refractivity contribution is 6.06. The van der Waals surface area contributed by atoms with E-state index in [1.54, 1.807) is 18.2 Å². The van der Waals surface area contributed by atoms with E-state index in [9.17, 15) is 14.0 Å². The predicted octanol–water partition coefficient (Wildman–Crippen LogP) is 4.60. The average molecular weight is 397 g/mol. The summed E-state index contributed by atoms with van der Waals surface area (Å²) >= 11 is 0. The van der Waals surface area contributed by atoms with Gasteiger partial charge in [-0.2, -0.15) is 0 Å². The van der Waals surface area contributed by atoms with Crippen molar-refractivity contribution < 1.29 is 14.0 Å². The fraction of sp³-hybridized carbons (Fsp3) is 0.391. The van der Waals surface area contributed by atoms with Crippen LogP contribution in [0.15, 0.2) is 42.5 Å². The smallest absolute Gasteiger partial charge is 0.255 e. The lowest BCUT2D eigenvalue weighted by molar-refractivity contribution is 0.0938. The van der Waals surface area contributed by atoms with Crippen molar-refractivity contribution in [2.45, 2.75) is 45.6 Å². The lowest BCUT2D eigenvalue weighted by Crippen LogP contribution is -2.35. The van der Waals surface area contributed by atoms with E-state index in [0.29, 0.717) is 11.3 Å². The second-order valence-electron chi connectivity index (χ2n) is 7.53. The number of amides is 2. The third-order valence-corrected chi connectivity index (χ3v) is 5.27. The van der Waals surface area contributed by atoms with Crippen molar-refractivity contribution in [1.29, 1.82) is 0 Å². The first-order chi connectivity index (χ1) is 14.0. The average Bonchev–Trinajstić information content (AvgIpc) is 2.74. The molecule has 0 aromatic heterocycles. The fourth-order valence-electron chi connectivity index (χ4n) is 3.44. The van der Waals surface area contributed by atoms with E-state index in [1.807, 2.05) is 19.9 Å². The molecule has 29 heavy (non-hydrogen) atoms. The molecule has 2 N–H and O–H groups in total. The Hall–Kier alpha value is -2.89. The second-order valence-corrected chi connectivity index (χ2v) is 7.53. The van der Waals surface area contributed by atoms with E-state index in [-0.39, 0.29) is 17.5 Å². The van der Waals surface area contributed by atoms with Gasteiger partial charge in [0.2, 0.25) is 0 Å². The molecule has 0 bridgehead atoms. The molecular formula is C23H28FN3O2. The van der Waals surface area contributed by atoms with Gasteiger partial charge in [0, 0.05) is 36.1 Å². The molecule has 6 heteroatoms. The summed E-state index contributed by atoms with van der Waals surface area (Å²) in [5.41, 5.74) is 2.17. The van der Waals surface area contributed by atoms with Gasteiger partial charge in [-0.05, 0) is 69.0 Å². The van der Waals surface area contributed by atoms with Crippen molar-refractivity contribution in [1.82, 2.24) is 5.32 Å². The molecule has 3 rings (SSSR count). The minimum absolute atomic E-state index is 0.0576. The van der Waals surface area contributed by atoms with Gasteiger partial charge in [0.25, 0.3) is 11.8 Å². The molecule has 1 aliphatic heterocycles. The zero-order valence-electron chi connectivity index (χ0n) is 17.0. The molecule has 2 amide bonds. The number of carbonyl (C=O) groups is 2. The highest BCUT2D eigenvalue weighted by atomic mass is 19.1. The Morgan fingerprint density at radius 1 is 1.07 bits per heavy atom. The lowest BCUT2D eigenvalue weighted by Gasteiger charge is -2.31. The highest BCUT2D eigenvalue weighted by Crippen LogP contribution is 2.27. The predicted molar refractivity (Wildman–Crippen MR) is 114 cm³/mol. The van der Waals surface area contributed by atoms with Crippen LogP contribution in [0.25, 0.3) is 0 Å². The summed E-state index contributed by atoms with van der Waals surface area (Å²) in [6.07, 6.45) is 4.24. The molecular weight excluding hydrogens is 369 g/mol. The number of hydrogen-bond acceptors (Lipinski definition) is 3. The largest absolute Gasteiger partial charge is 0.371 e. The van der Waals surface area contributed by atoms with Crippen molar-refractivity contribution in [3.05, 3.63) is 59.4 Å². The standard InChI is InChI=1S/C23H28FN3O2/c1-3-16(2)25-23(29)20-15-19(10-11-21(20)27-12-5-4-6-13-27)26-22(28)17-8-7-9-18(24)14-17/h7-11,14-16H,3-6,12-13H2,1-2H3,(H,25,29)(H,26,28). The summed E-state index contributed by atoms with van der Waals surface area (Å²) in [5.74, 6) is -1.03. The van der Waals surface area contributed by atoms with Gasteiger partial charge < -0.3 is 15.5 Å². The number of carbonyl (C=O) groups excluding carboxylic acids is 2. The van der Waals surface area contributed by atoms with Crippen molar-refractivity contribution in [3.8, 4) is 0 Å². The van der Waals surface area contributed by atoms with Crippen LogP contribution in [0.1, 0.15) is 60.2 Å². The summed E-state index contributed by atoms with van der Waals surface area (Å²) in [6.45, 7) is 5.82. The van der Waals surface area contributed by atoms with E-state index in [0.717, 1.165) is 38.0 Å². The minimum Gasteiger partial charge on any atom is -0.371 e. The summed E-state index contributed by atoms with van der Waals surface area (Å²) in [7, 11) is 0. The van der Waals surface area contributed by atoms with Gasteiger partial charge in [-0.1, -0.05) is 13.0 Å². The summed E-state index contributed by atoms with van der Waals surface area (Å²) in [5, 5.41) is 5.79. The number of benzene rings is 2. The number of anilines is 2. The van der Waals surface area contributed by atoms with Gasteiger partial charge in [-0.15, -0.1) is 0 Å². The molecule has 5 nitrogen and oxygen atoms in total. The van der Waals surface area contributed by atoms with Crippen LogP contribution in [-0.4, -0.2) is 30.9 Å². The lowest BCUT2D eigenvalue weighted by atomic mass is 10.0. The van der Waals surface area contributed by atoms with Gasteiger partial charge in [0.15, 0.2) is 0 Å². The van der Waals surface area contributed by atoms with E-state index in [1.165, 1.54) is 24.6 Å². The van der Waals surface area contributed by atoms with Crippen LogP contribution in [0.3, 0.4) is 0 Å². The molecule has 1 atom stereocenters. The summed E-state index contributed by atoms with van der Waals surface area (Å²) < 4.78 is 13.4. The normalized spacial score (nSPS) is 14.9. The van der Waals surface area contributed by atoms with Crippen LogP contribution in [-0.2, 0) is 0 Å². The van der Waals surface area contributed by atoms with Gasteiger partial charge in [0.1, 0.15) is 5.82 Å². The monoisotopic (exact) mass is 397 g/mol. The summed E-state index contributed by atoms with van der Waals surface area (Å²) in [6, 6.07) is 11.0. The molecule has 0 saturated carbocycles. The van der Waals surface area contributed by atoms with E-state index in [2.05, 4.69) is 15.5 Å². The van der Waals surface area contributed by atoms with Crippen LogP contribution in [0.4, 0.5) is 15.8 Å². The van der Waals surface area contributed by atoms with Gasteiger partial charge in [0.05, 0.1) is 5.56 Å². The first-order valence-electron chi connectivity index (χ1n) is 10.2. The fourth-order valence-corrected chi connectivity index (χ4v) is 3.44. The number of rotatable bonds is 6. The molecule has 1 unspecified atom stereocenters. The maximum atomic E-state index is 13.4. The number of nitrogens with one attached hydrogen (secondary N) is 2. The van der Waals surface area contributed by atoms with Crippen molar-refractivity contribution in [2.75, 3.05) is 23.3 Å². The molecule has 154 valence electrons. The second kappa shape index (κ2) is 9.54. The zero-order chi connectivity index (χ0) is 20.8. The molecule has 2 aromatic carbocycles. The minimum atomic E-state index is -0.466. The Morgan fingerprint density at radius 3 is 2.52 bits per heavy atom. The molecule has 0 radical (unpaired) electrons. The van der Waals surface area contributed by atoms with Gasteiger partial charge in [-0.25, -0.2) is 4.39 Å². The number of hydrogen-bond donors (Lipinski definition) is 2. The Kier molecular flexibility index (Phi) is 6.86. The molecule has 1 aliphatic rings. The van der Waals surface area contributed by atoms with Crippen molar-refractivity contribution in [2.24, 2.45) is 0 Å². The molecule has 1 saturated heterocycles. The summed E-state index contributed by atoms with van der Waals surface area (Å²) in [4.78, 5) is 27.6. The van der Waals surface area contributed by atoms with Crippen molar-refractivity contribution in [3.63, 3.8) is 0 Å². The SMILES string of the molecule is CCC(C)NC(=O)c1cc(NC(=O)c2cccc(F)c2)ccc1N1CCCCC1. The van der Waals surface area contributed by atoms with Gasteiger partial charge in [-0.3, -0.25) is 9.59 Å². The quantitative estimate of drug-likeness (QED) is 0.749. The van der Waals surface area contributed by atoms with Crippen LogP contribution in [0, 0.1) is 5.82 Å². The number of halogens is 1. The number of nitrogens with zero attached hydrogens (tertiary/aromatic N) is 1. The maximum absolute atomic E-state index is 13.4. The van der Waals surface area contributed by atoms with Crippen molar-refractivity contribution >= 4 is 23.2 Å². The van der Waals surface area contributed by atoms with E-state index >= 15 is 0 Å². The highest BCUT2D eigenvalue weighted by Gasteiger charge is 2.20. The van der Waals surface area contributed by atoms with E-state index in [4.69, 9.17) is 0 Å². The van der Waals surface area contributed by atoms with Crippen LogP contribution < -0.4 is 15.5 Å². The Bertz CT molecular complexity index is 878. The van der Waals surface area contributed by atoms with Gasteiger partial charge >= 0.3 is 0 Å². The Balaban J connectivity index is 1.87. The molecule has 0 aliphatic carbocycles. The third-order valence-electron chi connectivity index (χ3n) is 5.27. The molecule has 1 fully saturated rings. The topological polar surface area (TPSA) is 61.4 Å². The molecule has 2 aromatic rings. The van der Waals surface area contributed by atoms with Crippen LogP contribution >= 0.6 is 0 Å². The molecule has 0 spiro atoms. The first-order valence-corrected chi connectivity index (χ1v) is 10.2. The first kappa shape index (κ1) is 20.8. The maximum Gasteiger partial charge on any atom is 0.255 e. The van der Waals surface area contributed by atoms with Crippen LogP contribution in [0.5, 0.6) is 0 Å². The molecule has 1 heterocycles. The number of piperidine rings is 1. The third kappa shape index (κ3) is 5.34. The van der Waals surface area contributed by atoms with E-state index < -0.39 is 11.7 Å². The Morgan fingerprint density at radius 2 is 1.83 bits per heavy atom. The zero-order valence-corrected chi connectivity index (χ0v) is 17.0. The Labute approximate surface area is 171 Å². The van der Waals surface area contributed by atoms with Crippen LogP contribution in [0.2, 0.25) is 0 Å².